The molecule has 0 aliphatic heterocycles. The normalized spacial score (nSPS) is 11.6. The van der Waals surface area contributed by atoms with Crippen LogP contribution in [0, 0.1) is 0 Å². The third-order valence-corrected chi connectivity index (χ3v) is 3.46. The van der Waals surface area contributed by atoms with Crippen LogP contribution in [0.5, 0.6) is 0 Å². The van der Waals surface area contributed by atoms with E-state index in [2.05, 4.69) is 0 Å². The van der Waals surface area contributed by atoms with E-state index >= 15 is 0 Å². The van der Waals surface area contributed by atoms with Crippen LogP contribution in [0.2, 0.25) is 0 Å². The Balaban J connectivity index is 2.66. The van der Waals surface area contributed by atoms with Gasteiger partial charge < -0.3 is 15.4 Å². The molecule has 0 aromatic carbocycles. The molecular weight excluding hydrogens is 248 g/mol. The van der Waals surface area contributed by atoms with E-state index in [0.29, 0.717) is 19.7 Å². The third-order valence-electron chi connectivity index (χ3n) is 2.47. The first-order valence-electron chi connectivity index (χ1n) is 6.06. The maximum atomic E-state index is 10.8. The van der Waals surface area contributed by atoms with Crippen molar-refractivity contribution in [2.45, 2.75) is 46.4 Å². The van der Waals surface area contributed by atoms with Gasteiger partial charge in [-0.1, -0.05) is 0 Å². The average Bonchev–Trinajstić information content (AvgIpc) is 2.63. The van der Waals surface area contributed by atoms with Crippen LogP contribution in [0.3, 0.4) is 0 Å². The topological polar surface area (TPSA) is 55.6 Å². The zero-order chi connectivity index (χ0) is 13.8. The maximum Gasteiger partial charge on any atom is 0.210 e. The molecule has 4 nitrogen and oxygen atoms in total. The number of amides is 1. The van der Waals surface area contributed by atoms with Crippen LogP contribution in [0.4, 0.5) is 5.00 Å². The van der Waals surface area contributed by atoms with Gasteiger partial charge in [0.15, 0.2) is 0 Å². The highest BCUT2D eigenvalue weighted by atomic mass is 32.1. The van der Waals surface area contributed by atoms with E-state index in [1.54, 1.807) is 4.90 Å². The van der Waals surface area contributed by atoms with Gasteiger partial charge in [0, 0.05) is 17.0 Å². The van der Waals surface area contributed by atoms with Gasteiger partial charge in [0.25, 0.3) is 0 Å². The van der Waals surface area contributed by atoms with Gasteiger partial charge in [-0.25, -0.2) is 0 Å². The number of hydrogen-bond donors (Lipinski definition) is 1. The Morgan fingerprint density at radius 2 is 2.17 bits per heavy atom. The van der Waals surface area contributed by atoms with Crippen molar-refractivity contribution in [3.05, 3.63) is 16.5 Å². The maximum absolute atomic E-state index is 10.8. The molecule has 0 unspecified atom stereocenters. The summed E-state index contributed by atoms with van der Waals surface area (Å²) >= 11 is 1.52. The van der Waals surface area contributed by atoms with Crippen molar-refractivity contribution in [3.63, 3.8) is 0 Å². The standard InChI is InChI=1S/C13H22N2O2S/c1-5-15(9-16)7-11-6-10(12(14)18-11)8-17-13(2,3)4/h6,9H,5,7-8,14H2,1-4H3. The van der Waals surface area contributed by atoms with E-state index in [1.165, 1.54) is 11.3 Å². The molecule has 0 bridgehead atoms. The smallest absolute Gasteiger partial charge is 0.210 e. The summed E-state index contributed by atoms with van der Waals surface area (Å²) in [6.07, 6.45) is 0.862. The summed E-state index contributed by atoms with van der Waals surface area (Å²) in [6, 6.07) is 2.03. The van der Waals surface area contributed by atoms with Crippen LogP contribution in [0.15, 0.2) is 6.07 Å². The number of anilines is 1. The first kappa shape index (κ1) is 15.0. The number of carbonyl (C=O) groups is 1. The van der Waals surface area contributed by atoms with E-state index in [-0.39, 0.29) is 5.60 Å². The second-order valence-corrected chi connectivity index (χ2v) is 6.34. The molecule has 1 rings (SSSR count). The Kier molecular flexibility index (Phi) is 5.16. The molecule has 0 aliphatic rings. The number of thiophene rings is 1. The van der Waals surface area contributed by atoms with Gasteiger partial charge in [0.2, 0.25) is 6.41 Å². The molecular formula is C13H22N2O2S. The molecule has 0 saturated carbocycles. The van der Waals surface area contributed by atoms with Gasteiger partial charge in [-0.15, -0.1) is 11.3 Å². The van der Waals surface area contributed by atoms with Gasteiger partial charge in [-0.3, -0.25) is 4.79 Å². The van der Waals surface area contributed by atoms with Gasteiger partial charge in [0.1, 0.15) is 0 Å². The monoisotopic (exact) mass is 270 g/mol. The van der Waals surface area contributed by atoms with Crippen molar-refractivity contribution in [2.24, 2.45) is 0 Å². The fraction of sp³-hybridized carbons (Fsp3) is 0.615. The van der Waals surface area contributed by atoms with Crippen molar-refractivity contribution >= 4 is 22.7 Å². The summed E-state index contributed by atoms with van der Waals surface area (Å²) in [4.78, 5) is 13.6. The van der Waals surface area contributed by atoms with Crippen LogP contribution in [-0.4, -0.2) is 23.5 Å². The fourth-order valence-corrected chi connectivity index (χ4v) is 2.37. The average molecular weight is 270 g/mol. The summed E-state index contributed by atoms with van der Waals surface area (Å²) in [6.45, 7) is 9.83. The van der Waals surface area contributed by atoms with E-state index in [1.807, 2.05) is 33.8 Å². The molecule has 0 aliphatic carbocycles. The number of hydrogen-bond acceptors (Lipinski definition) is 4. The lowest BCUT2D eigenvalue weighted by molar-refractivity contribution is -0.118. The van der Waals surface area contributed by atoms with Gasteiger partial charge in [-0.05, 0) is 33.8 Å². The first-order valence-corrected chi connectivity index (χ1v) is 6.87. The van der Waals surface area contributed by atoms with Crippen LogP contribution in [-0.2, 0) is 22.7 Å². The zero-order valence-corrected chi connectivity index (χ0v) is 12.3. The molecule has 102 valence electrons. The van der Waals surface area contributed by atoms with Crippen molar-refractivity contribution in [1.29, 1.82) is 0 Å². The molecule has 1 aromatic rings. The minimum absolute atomic E-state index is 0.174. The minimum atomic E-state index is -0.174. The molecule has 18 heavy (non-hydrogen) atoms. The Labute approximate surface area is 113 Å². The van der Waals surface area contributed by atoms with Crippen LogP contribution < -0.4 is 5.73 Å². The first-order chi connectivity index (χ1) is 8.35. The largest absolute Gasteiger partial charge is 0.390 e. The number of nitrogens with zero attached hydrogens (tertiary/aromatic N) is 1. The van der Waals surface area contributed by atoms with E-state index in [9.17, 15) is 4.79 Å². The number of rotatable bonds is 6. The van der Waals surface area contributed by atoms with Gasteiger partial charge in [-0.2, -0.15) is 0 Å². The molecule has 2 N–H and O–H groups in total. The summed E-state index contributed by atoms with van der Waals surface area (Å²) in [7, 11) is 0. The molecule has 0 fully saturated rings. The van der Waals surface area contributed by atoms with Crippen LogP contribution in [0.25, 0.3) is 0 Å². The second-order valence-electron chi connectivity index (χ2n) is 5.17. The molecule has 0 spiro atoms. The third kappa shape index (κ3) is 4.66. The van der Waals surface area contributed by atoms with Gasteiger partial charge >= 0.3 is 0 Å². The van der Waals surface area contributed by atoms with Crippen molar-refractivity contribution < 1.29 is 9.53 Å². The van der Waals surface area contributed by atoms with Crippen LogP contribution in [0.1, 0.15) is 38.1 Å². The second kappa shape index (κ2) is 6.20. The van der Waals surface area contributed by atoms with E-state index in [4.69, 9.17) is 10.5 Å². The Morgan fingerprint density at radius 3 is 2.67 bits per heavy atom. The number of ether oxygens (including phenoxy) is 1. The molecule has 1 aromatic heterocycles. The lowest BCUT2D eigenvalue weighted by Crippen LogP contribution is -2.20. The Bertz CT molecular complexity index is 396. The molecule has 1 amide bonds. The number of nitrogen functional groups attached to an aromatic ring is 1. The highest BCUT2D eigenvalue weighted by Gasteiger charge is 2.14. The highest BCUT2D eigenvalue weighted by molar-refractivity contribution is 7.16. The predicted octanol–water partition coefficient (Wildman–Crippen LogP) is 2.62. The summed E-state index contributed by atoms with van der Waals surface area (Å²) in [5.74, 6) is 0. The molecule has 5 heteroatoms. The predicted molar refractivity (Wildman–Crippen MR) is 75.4 cm³/mol. The summed E-state index contributed by atoms with van der Waals surface area (Å²) in [5.41, 5.74) is 6.79. The minimum Gasteiger partial charge on any atom is -0.390 e. The van der Waals surface area contributed by atoms with Crippen molar-refractivity contribution in [3.8, 4) is 0 Å². The Hall–Kier alpha value is -1.07. The van der Waals surface area contributed by atoms with E-state index < -0.39 is 0 Å². The van der Waals surface area contributed by atoms with Crippen LogP contribution >= 0.6 is 11.3 Å². The lowest BCUT2D eigenvalue weighted by atomic mass is 10.2. The van der Waals surface area contributed by atoms with E-state index in [0.717, 1.165) is 21.9 Å². The van der Waals surface area contributed by atoms with Crippen molar-refractivity contribution in [1.82, 2.24) is 4.90 Å². The number of nitrogens with two attached hydrogens (primary N) is 1. The summed E-state index contributed by atoms with van der Waals surface area (Å²) in [5, 5.41) is 0.774. The fourth-order valence-electron chi connectivity index (χ4n) is 1.41. The van der Waals surface area contributed by atoms with Gasteiger partial charge in [0.05, 0.1) is 23.8 Å². The quantitative estimate of drug-likeness (QED) is 0.808. The van der Waals surface area contributed by atoms with Crippen molar-refractivity contribution in [2.75, 3.05) is 12.3 Å². The molecule has 0 radical (unpaired) electrons. The number of carbonyl (C=O) groups excluding carboxylic acids is 1. The highest BCUT2D eigenvalue weighted by Crippen LogP contribution is 2.27. The zero-order valence-electron chi connectivity index (χ0n) is 11.5. The Morgan fingerprint density at radius 1 is 1.50 bits per heavy atom. The lowest BCUT2D eigenvalue weighted by Gasteiger charge is -2.19. The molecule has 0 atom stereocenters. The molecule has 0 saturated heterocycles. The SMILES string of the molecule is CCN(C=O)Cc1cc(COC(C)(C)C)c(N)s1. The molecule has 1 heterocycles. The summed E-state index contributed by atoms with van der Waals surface area (Å²) < 4.78 is 5.71.